The molecule has 0 radical (unpaired) electrons. The van der Waals surface area contributed by atoms with Crippen molar-refractivity contribution in [1.29, 1.82) is 0 Å². The van der Waals surface area contributed by atoms with Crippen LogP contribution < -0.4 is 0 Å². The minimum Gasteiger partial charge on any atom is -0.263 e. The number of fused-ring (bicyclic) bond motifs is 6. The van der Waals surface area contributed by atoms with Crippen molar-refractivity contribution in [2.75, 3.05) is 0 Å². The van der Waals surface area contributed by atoms with E-state index < -0.39 is 0 Å². The molecule has 232 valence electrons. The van der Waals surface area contributed by atoms with Crippen molar-refractivity contribution in [3.05, 3.63) is 164 Å². The van der Waals surface area contributed by atoms with Gasteiger partial charge in [0.05, 0.1) is 33.5 Å². The normalized spacial score (nSPS) is 11.6. The van der Waals surface area contributed by atoms with Gasteiger partial charge in [-0.05, 0) is 76.2 Å². The average Bonchev–Trinajstić information content (AvgIpc) is 3.19. The minimum atomic E-state index is 0.921. The lowest BCUT2D eigenvalue weighted by Crippen LogP contribution is -1.90. The number of hydrogen-bond donors (Lipinski definition) is 0. The Morgan fingerprint density at radius 2 is 1.02 bits per heavy atom. The smallest absolute Gasteiger partial charge is 0.0970 e. The number of benzene rings is 5. The van der Waals surface area contributed by atoms with Crippen LogP contribution in [0.2, 0.25) is 0 Å². The highest BCUT2D eigenvalue weighted by Gasteiger charge is 2.11. The van der Waals surface area contributed by atoms with Crippen molar-refractivity contribution >= 4 is 54.4 Å². The quantitative estimate of drug-likeness (QED) is 0.180. The van der Waals surface area contributed by atoms with Gasteiger partial charge >= 0.3 is 0 Å². The van der Waals surface area contributed by atoms with E-state index in [4.69, 9.17) is 9.97 Å². The topological polar surface area (TPSA) is 64.5 Å². The molecule has 0 aliphatic carbocycles. The molecule has 10 rings (SSSR count). The molecule has 0 amide bonds. The summed E-state index contributed by atoms with van der Waals surface area (Å²) in [4.78, 5) is 23.8. The molecule has 5 heterocycles. The lowest BCUT2D eigenvalue weighted by Gasteiger charge is -2.10. The van der Waals surface area contributed by atoms with Gasteiger partial charge in [-0.15, -0.1) is 0 Å². The monoisotopic (exact) mass is 637 g/mol. The highest BCUT2D eigenvalue weighted by molar-refractivity contribution is 6.08. The van der Waals surface area contributed by atoms with Gasteiger partial charge in [-0.25, -0.2) is 9.97 Å². The molecular formula is C45H27N5. The van der Waals surface area contributed by atoms with E-state index in [1.54, 1.807) is 0 Å². The Hall–Kier alpha value is -6.85. The second-order valence-corrected chi connectivity index (χ2v) is 12.6. The van der Waals surface area contributed by atoms with E-state index in [-0.39, 0.29) is 0 Å². The first-order valence-electron chi connectivity index (χ1n) is 16.6. The second kappa shape index (κ2) is 11.4. The van der Waals surface area contributed by atoms with Crippen molar-refractivity contribution in [2.24, 2.45) is 0 Å². The zero-order valence-corrected chi connectivity index (χ0v) is 26.8. The maximum atomic E-state index is 5.04. The number of aromatic nitrogens is 5. The standard InChI is InChI=1S/C45H27N5/c1-2-6-36-35(4-1)26-46-27-39(36)43-20-15-34-25-32(13-18-42(34)50-43)31-12-17-41-33(24-31)14-19-40(49-41)29-9-7-28(8-10-29)37-21-23-48-45-38(37)16-11-30-5-3-22-47-44(30)45/h1-27H. The molecule has 0 atom stereocenters. The van der Waals surface area contributed by atoms with E-state index in [9.17, 15) is 0 Å². The molecule has 5 aromatic carbocycles. The van der Waals surface area contributed by atoms with Crippen molar-refractivity contribution < 1.29 is 0 Å². The zero-order chi connectivity index (χ0) is 33.0. The van der Waals surface area contributed by atoms with Crippen LogP contribution >= 0.6 is 0 Å². The maximum absolute atomic E-state index is 5.04. The van der Waals surface area contributed by atoms with E-state index in [2.05, 4.69) is 142 Å². The van der Waals surface area contributed by atoms with E-state index >= 15 is 0 Å². The Kier molecular flexibility index (Phi) is 6.42. The van der Waals surface area contributed by atoms with Crippen LogP contribution in [0.4, 0.5) is 0 Å². The molecule has 0 unspecified atom stereocenters. The Bertz CT molecular complexity index is 2930. The first-order chi connectivity index (χ1) is 24.7. The highest BCUT2D eigenvalue weighted by atomic mass is 14.7. The molecule has 5 heteroatoms. The zero-order valence-electron chi connectivity index (χ0n) is 26.8. The van der Waals surface area contributed by atoms with Crippen molar-refractivity contribution in [3.8, 4) is 44.8 Å². The molecular weight excluding hydrogens is 611 g/mol. The molecule has 10 aromatic rings. The Balaban J connectivity index is 0.936. The SMILES string of the molecule is c1ccc2c(-c3ccc4cc(-c5ccc6nc(-c7ccc(-c8ccnc9c8ccc8cccnc89)cc7)ccc6c5)ccc4n3)cncc2c1. The van der Waals surface area contributed by atoms with Gasteiger partial charge in [0.25, 0.3) is 0 Å². The van der Waals surface area contributed by atoms with Gasteiger partial charge in [0, 0.05) is 62.8 Å². The van der Waals surface area contributed by atoms with Crippen molar-refractivity contribution in [2.45, 2.75) is 0 Å². The minimum absolute atomic E-state index is 0.921. The second-order valence-electron chi connectivity index (χ2n) is 12.6. The molecule has 0 N–H and O–H groups in total. The van der Waals surface area contributed by atoms with Gasteiger partial charge in [-0.2, -0.15) is 0 Å². The van der Waals surface area contributed by atoms with Crippen LogP contribution in [0.3, 0.4) is 0 Å². The van der Waals surface area contributed by atoms with Crippen LogP contribution in [0.5, 0.6) is 0 Å². The molecule has 0 fully saturated rings. The summed E-state index contributed by atoms with van der Waals surface area (Å²) < 4.78 is 0. The predicted molar refractivity (Wildman–Crippen MR) is 205 cm³/mol. The molecule has 0 bridgehead atoms. The third-order valence-corrected chi connectivity index (χ3v) is 9.63. The number of rotatable bonds is 4. The lowest BCUT2D eigenvalue weighted by molar-refractivity contribution is 1.33. The van der Waals surface area contributed by atoms with Crippen LogP contribution in [0, 0.1) is 0 Å². The molecule has 5 nitrogen and oxygen atoms in total. The molecule has 5 aromatic heterocycles. The molecule has 0 aliphatic heterocycles. The van der Waals surface area contributed by atoms with Gasteiger partial charge in [0.2, 0.25) is 0 Å². The van der Waals surface area contributed by atoms with Gasteiger partial charge in [-0.1, -0.05) is 91.0 Å². The fourth-order valence-corrected chi connectivity index (χ4v) is 7.07. The van der Waals surface area contributed by atoms with E-state index in [1.165, 1.54) is 0 Å². The molecule has 0 saturated carbocycles. The Morgan fingerprint density at radius 1 is 0.360 bits per heavy atom. The van der Waals surface area contributed by atoms with Gasteiger partial charge in [0.15, 0.2) is 0 Å². The van der Waals surface area contributed by atoms with E-state index in [0.29, 0.717) is 0 Å². The highest BCUT2D eigenvalue weighted by Crippen LogP contribution is 2.34. The van der Waals surface area contributed by atoms with Crippen molar-refractivity contribution in [1.82, 2.24) is 24.9 Å². The molecule has 50 heavy (non-hydrogen) atoms. The maximum Gasteiger partial charge on any atom is 0.0970 e. The first-order valence-corrected chi connectivity index (χ1v) is 16.6. The number of pyridine rings is 5. The third kappa shape index (κ3) is 4.75. The van der Waals surface area contributed by atoms with Gasteiger partial charge in [0.1, 0.15) is 0 Å². The summed E-state index contributed by atoms with van der Waals surface area (Å²) in [5.74, 6) is 0. The van der Waals surface area contributed by atoms with E-state index in [0.717, 1.165) is 99.2 Å². The summed E-state index contributed by atoms with van der Waals surface area (Å²) in [5, 5.41) is 6.65. The predicted octanol–water partition coefficient (Wildman–Crippen LogP) is 11.1. The summed E-state index contributed by atoms with van der Waals surface area (Å²) in [6, 6.07) is 48.8. The summed E-state index contributed by atoms with van der Waals surface area (Å²) in [5.41, 5.74) is 12.3. The van der Waals surface area contributed by atoms with E-state index in [1.807, 2.05) is 36.9 Å². The summed E-state index contributed by atoms with van der Waals surface area (Å²) in [6.07, 6.45) is 7.49. The largest absolute Gasteiger partial charge is 0.263 e. The average molecular weight is 638 g/mol. The van der Waals surface area contributed by atoms with Crippen LogP contribution in [0.25, 0.3) is 99.2 Å². The van der Waals surface area contributed by atoms with Gasteiger partial charge < -0.3 is 0 Å². The number of hydrogen-bond acceptors (Lipinski definition) is 5. The van der Waals surface area contributed by atoms with Crippen LogP contribution in [0.1, 0.15) is 0 Å². The van der Waals surface area contributed by atoms with Crippen LogP contribution in [-0.4, -0.2) is 24.9 Å². The fraction of sp³-hybridized carbons (Fsp3) is 0. The fourth-order valence-electron chi connectivity index (χ4n) is 7.07. The molecule has 0 aliphatic rings. The Morgan fingerprint density at radius 3 is 1.84 bits per heavy atom. The van der Waals surface area contributed by atoms with Gasteiger partial charge in [-0.3, -0.25) is 15.0 Å². The summed E-state index contributed by atoms with van der Waals surface area (Å²) in [7, 11) is 0. The first kappa shape index (κ1) is 28.2. The molecule has 0 saturated heterocycles. The molecule has 0 spiro atoms. The number of nitrogens with zero attached hydrogens (tertiary/aromatic N) is 5. The lowest BCUT2D eigenvalue weighted by atomic mass is 9.98. The summed E-state index contributed by atoms with van der Waals surface area (Å²) in [6.45, 7) is 0. The van der Waals surface area contributed by atoms with Crippen LogP contribution in [0.15, 0.2) is 164 Å². The third-order valence-electron chi connectivity index (χ3n) is 9.63. The Labute approximate surface area is 287 Å². The van der Waals surface area contributed by atoms with Crippen molar-refractivity contribution in [3.63, 3.8) is 0 Å². The summed E-state index contributed by atoms with van der Waals surface area (Å²) >= 11 is 0. The van der Waals surface area contributed by atoms with Crippen LogP contribution in [-0.2, 0) is 0 Å².